The molecular weight excluding hydrogens is 138 g/mol. The Morgan fingerprint density at radius 3 is 2.30 bits per heavy atom. The summed E-state index contributed by atoms with van der Waals surface area (Å²) in [6, 6.07) is 0. The van der Waals surface area contributed by atoms with Crippen LogP contribution in [0.4, 0.5) is 8.78 Å². The lowest BCUT2D eigenvalue weighted by Crippen LogP contribution is -2.13. The van der Waals surface area contributed by atoms with Crippen LogP contribution in [-0.4, -0.2) is 12.7 Å². The van der Waals surface area contributed by atoms with E-state index in [1.165, 1.54) is 0 Å². The number of hydrogen-bond acceptors (Lipinski definition) is 1. The van der Waals surface area contributed by atoms with Gasteiger partial charge in [0.2, 0.25) is 0 Å². The summed E-state index contributed by atoms with van der Waals surface area (Å²) in [4.78, 5) is 0. The fourth-order valence-electron chi connectivity index (χ4n) is 1.08. The molecule has 1 atom stereocenters. The zero-order valence-corrected chi connectivity index (χ0v) is 6.23. The average molecular weight is 150 g/mol. The highest BCUT2D eigenvalue weighted by Crippen LogP contribution is 2.35. The van der Waals surface area contributed by atoms with Crippen LogP contribution in [0.3, 0.4) is 0 Å². The Morgan fingerprint density at radius 1 is 1.50 bits per heavy atom. The molecule has 0 spiro atoms. The number of alkyl halides is 2. The molecule has 0 aromatic heterocycles. The van der Waals surface area contributed by atoms with Crippen LogP contribution in [-0.2, 0) is 4.74 Å². The van der Waals surface area contributed by atoms with Gasteiger partial charge in [0.25, 0.3) is 0 Å². The minimum atomic E-state index is -2.85. The van der Waals surface area contributed by atoms with Crippen molar-refractivity contribution in [3.05, 3.63) is 0 Å². The van der Waals surface area contributed by atoms with E-state index in [0.29, 0.717) is 5.92 Å². The Bertz CT molecular complexity index is 123. The smallest absolute Gasteiger partial charge is 0.320 e. The fraction of sp³-hybridized carbons (Fsp3) is 1.00. The maximum atomic E-state index is 12.3. The van der Waals surface area contributed by atoms with Crippen molar-refractivity contribution in [1.82, 2.24) is 0 Å². The molecule has 0 aliphatic carbocycles. The zero-order valence-electron chi connectivity index (χ0n) is 6.23. The molecule has 0 aromatic rings. The van der Waals surface area contributed by atoms with Crippen molar-refractivity contribution in [2.75, 3.05) is 6.61 Å². The van der Waals surface area contributed by atoms with Gasteiger partial charge in [-0.05, 0) is 11.8 Å². The molecule has 1 unspecified atom stereocenters. The fourth-order valence-corrected chi connectivity index (χ4v) is 1.08. The second kappa shape index (κ2) is 2.46. The lowest BCUT2D eigenvalue weighted by Gasteiger charge is -2.10. The summed E-state index contributed by atoms with van der Waals surface area (Å²) in [6.45, 7) is 4.09. The van der Waals surface area contributed by atoms with Gasteiger partial charge in [0.1, 0.15) is 0 Å². The van der Waals surface area contributed by atoms with Gasteiger partial charge >= 0.3 is 6.11 Å². The summed E-state index contributed by atoms with van der Waals surface area (Å²) in [5.74, 6) is 0.336. The predicted molar refractivity (Wildman–Crippen MR) is 33.8 cm³/mol. The molecule has 60 valence electrons. The van der Waals surface area contributed by atoms with Crippen molar-refractivity contribution >= 4 is 0 Å². The van der Waals surface area contributed by atoms with Gasteiger partial charge in [-0.1, -0.05) is 13.8 Å². The number of rotatable bonds is 1. The minimum absolute atomic E-state index is 0.0370. The highest BCUT2D eigenvalue weighted by Gasteiger charge is 2.41. The minimum Gasteiger partial charge on any atom is -0.320 e. The average Bonchev–Trinajstić information content (AvgIpc) is 2.10. The van der Waals surface area contributed by atoms with Crippen molar-refractivity contribution in [1.29, 1.82) is 0 Å². The summed E-state index contributed by atoms with van der Waals surface area (Å²) >= 11 is 0. The summed E-state index contributed by atoms with van der Waals surface area (Å²) in [5.41, 5.74) is 0. The molecule has 0 amide bonds. The first-order chi connectivity index (χ1) is 4.51. The Labute approximate surface area is 59.4 Å². The third kappa shape index (κ3) is 1.66. The van der Waals surface area contributed by atoms with Gasteiger partial charge < -0.3 is 4.74 Å². The van der Waals surface area contributed by atoms with E-state index >= 15 is 0 Å². The van der Waals surface area contributed by atoms with Crippen LogP contribution >= 0.6 is 0 Å². The molecule has 0 radical (unpaired) electrons. The molecule has 1 fully saturated rings. The quantitative estimate of drug-likeness (QED) is 0.557. The van der Waals surface area contributed by atoms with Crippen LogP contribution in [0.5, 0.6) is 0 Å². The van der Waals surface area contributed by atoms with Crippen LogP contribution in [0.25, 0.3) is 0 Å². The van der Waals surface area contributed by atoms with Crippen LogP contribution < -0.4 is 0 Å². The van der Waals surface area contributed by atoms with Crippen LogP contribution in [0.15, 0.2) is 0 Å². The molecule has 1 nitrogen and oxygen atoms in total. The molecule has 0 saturated carbocycles. The third-order valence-electron chi connectivity index (χ3n) is 1.95. The Morgan fingerprint density at radius 2 is 2.10 bits per heavy atom. The zero-order chi connectivity index (χ0) is 7.78. The molecule has 0 aromatic carbocycles. The summed E-state index contributed by atoms with van der Waals surface area (Å²) in [6.07, 6.45) is -2.96. The van der Waals surface area contributed by atoms with Gasteiger partial charge in [-0.3, -0.25) is 0 Å². The largest absolute Gasteiger partial charge is 0.356 e. The highest BCUT2D eigenvalue weighted by atomic mass is 19.3. The second-order valence-electron chi connectivity index (χ2n) is 3.16. The van der Waals surface area contributed by atoms with E-state index in [4.69, 9.17) is 0 Å². The molecule has 1 rings (SSSR count). The number of ether oxygens (including phenoxy) is 1. The lowest BCUT2D eigenvalue weighted by atomic mass is 9.95. The molecule has 0 N–H and O–H groups in total. The van der Waals surface area contributed by atoms with E-state index < -0.39 is 6.11 Å². The van der Waals surface area contributed by atoms with Gasteiger partial charge in [0.05, 0.1) is 6.61 Å². The normalized spacial score (nSPS) is 31.5. The SMILES string of the molecule is CC(C)C1COC(F)(F)C1. The molecule has 1 aliphatic rings. The first kappa shape index (κ1) is 7.92. The van der Waals surface area contributed by atoms with Crippen molar-refractivity contribution in [2.24, 2.45) is 11.8 Å². The van der Waals surface area contributed by atoms with Crippen LogP contribution in [0.1, 0.15) is 20.3 Å². The Balaban J connectivity index is 2.43. The van der Waals surface area contributed by atoms with E-state index in [-0.39, 0.29) is 18.9 Å². The van der Waals surface area contributed by atoms with Gasteiger partial charge in [-0.2, -0.15) is 8.78 Å². The third-order valence-corrected chi connectivity index (χ3v) is 1.95. The monoisotopic (exact) mass is 150 g/mol. The standard InChI is InChI=1S/C7H12F2O/c1-5(2)6-3-7(8,9)10-4-6/h5-6H,3-4H2,1-2H3. The van der Waals surface area contributed by atoms with E-state index in [2.05, 4.69) is 4.74 Å². The Kier molecular flexibility index (Phi) is 1.95. The van der Waals surface area contributed by atoms with Crippen molar-refractivity contribution in [3.63, 3.8) is 0 Å². The topological polar surface area (TPSA) is 9.23 Å². The molecule has 1 aliphatic heterocycles. The maximum absolute atomic E-state index is 12.3. The predicted octanol–water partition coefficient (Wildman–Crippen LogP) is 2.27. The Hall–Kier alpha value is -0.180. The first-order valence-electron chi connectivity index (χ1n) is 3.53. The molecule has 10 heavy (non-hydrogen) atoms. The molecule has 0 bridgehead atoms. The summed E-state index contributed by atoms with van der Waals surface area (Å²) < 4.78 is 28.9. The van der Waals surface area contributed by atoms with E-state index in [1.807, 2.05) is 13.8 Å². The second-order valence-corrected chi connectivity index (χ2v) is 3.16. The van der Waals surface area contributed by atoms with Gasteiger partial charge in [0.15, 0.2) is 0 Å². The van der Waals surface area contributed by atoms with Crippen molar-refractivity contribution in [3.8, 4) is 0 Å². The maximum Gasteiger partial charge on any atom is 0.356 e. The lowest BCUT2D eigenvalue weighted by molar-refractivity contribution is -0.205. The molecule has 1 saturated heterocycles. The van der Waals surface area contributed by atoms with E-state index in [1.54, 1.807) is 0 Å². The molecule has 1 heterocycles. The molecular formula is C7H12F2O. The summed E-state index contributed by atoms with van der Waals surface area (Å²) in [7, 11) is 0. The van der Waals surface area contributed by atoms with Crippen LogP contribution in [0.2, 0.25) is 0 Å². The van der Waals surface area contributed by atoms with Gasteiger partial charge in [0, 0.05) is 6.42 Å². The number of hydrogen-bond donors (Lipinski definition) is 0. The highest BCUT2D eigenvalue weighted by molar-refractivity contribution is 4.74. The van der Waals surface area contributed by atoms with Crippen molar-refractivity contribution < 1.29 is 13.5 Å². The van der Waals surface area contributed by atoms with Crippen LogP contribution in [0, 0.1) is 11.8 Å². The first-order valence-corrected chi connectivity index (χ1v) is 3.53. The molecule has 3 heteroatoms. The van der Waals surface area contributed by atoms with E-state index in [9.17, 15) is 8.78 Å². The van der Waals surface area contributed by atoms with Gasteiger partial charge in [-0.15, -0.1) is 0 Å². The van der Waals surface area contributed by atoms with E-state index in [0.717, 1.165) is 0 Å². The van der Waals surface area contributed by atoms with Crippen molar-refractivity contribution in [2.45, 2.75) is 26.4 Å². The van der Waals surface area contributed by atoms with Gasteiger partial charge in [-0.25, -0.2) is 0 Å². The summed E-state index contributed by atoms with van der Waals surface area (Å²) in [5, 5.41) is 0. The number of halogens is 2.